The summed E-state index contributed by atoms with van der Waals surface area (Å²) in [5, 5.41) is 0. The van der Waals surface area contributed by atoms with E-state index < -0.39 is 0 Å². The third kappa shape index (κ3) is 2.82. The molecule has 2 atom stereocenters. The zero-order valence-electron chi connectivity index (χ0n) is 11.6. The Balaban J connectivity index is 2.09. The zero-order valence-corrected chi connectivity index (χ0v) is 11.6. The predicted molar refractivity (Wildman–Crippen MR) is 75.8 cm³/mol. The molecule has 0 amide bonds. The van der Waals surface area contributed by atoms with E-state index in [9.17, 15) is 0 Å². The molecule has 0 spiro atoms. The molecule has 1 aromatic heterocycles. The zero-order chi connectivity index (χ0) is 13.1. The molecule has 0 radical (unpaired) electrons. The Morgan fingerprint density at radius 3 is 2.78 bits per heavy atom. The number of hydrogen-bond acceptors (Lipinski definition) is 4. The van der Waals surface area contributed by atoms with Crippen molar-refractivity contribution in [2.45, 2.75) is 32.4 Å². The van der Waals surface area contributed by atoms with E-state index in [1.54, 1.807) is 0 Å². The van der Waals surface area contributed by atoms with Crippen LogP contribution in [0.2, 0.25) is 0 Å². The van der Waals surface area contributed by atoms with Crippen LogP contribution in [-0.4, -0.2) is 42.6 Å². The number of anilines is 1. The monoisotopic (exact) mass is 248 g/mol. The van der Waals surface area contributed by atoms with E-state index in [1.807, 2.05) is 6.20 Å². The fourth-order valence-corrected chi connectivity index (χ4v) is 2.52. The Kier molecular flexibility index (Phi) is 4.19. The van der Waals surface area contributed by atoms with Gasteiger partial charge in [0.1, 0.15) is 0 Å². The number of hydrogen-bond donors (Lipinski definition) is 1. The highest BCUT2D eigenvalue weighted by atomic mass is 15.3. The summed E-state index contributed by atoms with van der Waals surface area (Å²) >= 11 is 0. The van der Waals surface area contributed by atoms with Crippen molar-refractivity contribution in [1.29, 1.82) is 0 Å². The van der Waals surface area contributed by atoms with Crippen molar-refractivity contribution in [2.75, 3.05) is 31.6 Å². The van der Waals surface area contributed by atoms with Crippen molar-refractivity contribution >= 4 is 5.69 Å². The van der Waals surface area contributed by atoms with E-state index in [1.165, 1.54) is 5.69 Å². The second-order valence-corrected chi connectivity index (χ2v) is 5.26. The minimum atomic E-state index is 0.0592. The second kappa shape index (κ2) is 5.67. The van der Waals surface area contributed by atoms with E-state index in [-0.39, 0.29) is 6.04 Å². The number of nitrogens with zero attached hydrogens (tertiary/aromatic N) is 3. The SMILES string of the molecule is CC[C@H](N)c1ccc(N2CCN(C)CC2C)cn1. The van der Waals surface area contributed by atoms with Gasteiger partial charge in [0, 0.05) is 31.7 Å². The first kappa shape index (κ1) is 13.3. The van der Waals surface area contributed by atoms with Gasteiger partial charge in [0.15, 0.2) is 0 Å². The van der Waals surface area contributed by atoms with Gasteiger partial charge < -0.3 is 15.5 Å². The highest BCUT2D eigenvalue weighted by Gasteiger charge is 2.21. The first-order valence-electron chi connectivity index (χ1n) is 6.78. The van der Waals surface area contributed by atoms with E-state index in [2.05, 4.69) is 47.8 Å². The molecular weight excluding hydrogens is 224 g/mol. The van der Waals surface area contributed by atoms with Crippen LogP contribution in [0.15, 0.2) is 18.3 Å². The van der Waals surface area contributed by atoms with Crippen molar-refractivity contribution in [2.24, 2.45) is 5.73 Å². The molecule has 0 bridgehead atoms. The lowest BCUT2D eigenvalue weighted by molar-refractivity contribution is 0.275. The number of pyridine rings is 1. The van der Waals surface area contributed by atoms with Crippen LogP contribution in [-0.2, 0) is 0 Å². The van der Waals surface area contributed by atoms with Gasteiger partial charge in [-0.2, -0.15) is 0 Å². The summed E-state index contributed by atoms with van der Waals surface area (Å²) in [6, 6.07) is 4.81. The fraction of sp³-hybridized carbons (Fsp3) is 0.643. The Labute approximate surface area is 110 Å². The molecule has 1 saturated heterocycles. The fourth-order valence-electron chi connectivity index (χ4n) is 2.52. The number of rotatable bonds is 3. The summed E-state index contributed by atoms with van der Waals surface area (Å²) in [7, 11) is 2.18. The summed E-state index contributed by atoms with van der Waals surface area (Å²) in [4.78, 5) is 9.29. The average molecular weight is 248 g/mol. The van der Waals surface area contributed by atoms with Crippen molar-refractivity contribution in [1.82, 2.24) is 9.88 Å². The lowest BCUT2D eigenvalue weighted by Crippen LogP contribution is -2.50. The maximum absolute atomic E-state index is 5.99. The van der Waals surface area contributed by atoms with Gasteiger partial charge in [-0.25, -0.2) is 0 Å². The predicted octanol–water partition coefficient (Wildman–Crippen LogP) is 1.63. The van der Waals surface area contributed by atoms with Crippen molar-refractivity contribution < 1.29 is 0 Å². The van der Waals surface area contributed by atoms with Gasteiger partial charge in [0.25, 0.3) is 0 Å². The highest BCUT2D eigenvalue weighted by Crippen LogP contribution is 2.21. The Morgan fingerprint density at radius 2 is 2.22 bits per heavy atom. The molecule has 2 N–H and O–H groups in total. The smallest absolute Gasteiger partial charge is 0.0572 e. The standard InChI is InChI=1S/C14H24N4/c1-4-13(15)14-6-5-12(9-16-14)18-8-7-17(3)10-11(18)2/h5-6,9,11,13H,4,7-8,10,15H2,1-3H3/t11?,13-/m0/s1. The summed E-state index contributed by atoms with van der Waals surface area (Å²) < 4.78 is 0. The first-order valence-corrected chi connectivity index (χ1v) is 6.78. The van der Waals surface area contributed by atoms with Gasteiger partial charge in [-0.3, -0.25) is 4.98 Å². The van der Waals surface area contributed by atoms with Gasteiger partial charge >= 0.3 is 0 Å². The lowest BCUT2D eigenvalue weighted by Gasteiger charge is -2.39. The van der Waals surface area contributed by atoms with Crippen molar-refractivity contribution in [3.8, 4) is 0 Å². The van der Waals surface area contributed by atoms with Crippen LogP contribution in [0.25, 0.3) is 0 Å². The molecule has 1 aromatic rings. The van der Waals surface area contributed by atoms with Gasteiger partial charge in [-0.15, -0.1) is 0 Å². The van der Waals surface area contributed by atoms with E-state index in [0.717, 1.165) is 31.7 Å². The summed E-state index contributed by atoms with van der Waals surface area (Å²) in [5.74, 6) is 0. The Bertz CT molecular complexity index is 376. The van der Waals surface area contributed by atoms with E-state index >= 15 is 0 Å². The summed E-state index contributed by atoms with van der Waals surface area (Å²) in [6.45, 7) is 7.64. The third-order valence-electron chi connectivity index (χ3n) is 3.75. The molecule has 18 heavy (non-hydrogen) atoms. The molecule has 0 aromatic carbocycles. The van der Waals surface area contributed by atoms with E-state index in [0.29, 0.717) is 6.04 Å². The molecule has 1 aliphatic heterocycles. The topological polar surface area (TPSA) is 45.4 Å². The van der Waals surface area contributed by atoms with Gasteiger partial charge in [-0.05, 0) is 32.5 Å². The minimum absolute atomic E-state index is 0.0592. The molecule has 4 heteroatoms. The van der Waals surface area contributed by atoms with Gasteiger partial charge in [0.05, 0.1) is 17.6 Å². The molecule has 100 valence electrons. The lowest BCUT2D eigenvalue weighted by atomic mass is 10.1. The third-order valence-corrected chi connectivity index (χ3v) is 3.75. The number of aromatic nitrogens is 1. The molecular formula is C14H24N4. The minimum Gasteiger partial charge on any atom is -0.365 e. The van der Waals surface area contributed by atoms with Crippen LogP contribution in [0, 0.1) is 0 Å². The van der Waals surface area contributed by atoms with Crippen LogP contribution < -0.4 is 10.6 Å². The van der Waals surface area contributed by atoms with Crippen LogP contribution in [0.5, 0.6) is 0 Å². The summed E-state index contributed by atoms with van der Waals surface area (Å²) in [5.41, 5.74) is 8.19. The number of nitrogens with two attached hydrogens (primary N) is 1. The molecule has 0 aliphatic carbocycles. The normalized spacial score (nSPS) is 23.1. The molecule has 2 heterocycles. The maximum Gasteiger partial charge on any atom is 0.0572 e. The Hall–Kier alpha value is -1.13. The van der Waals surface area contributed by atoms with Crippen molar-refractivity contribution in [3.63, 3.8) is 0 Å². The van der Waals surface area contributed by atoms with Crippen LogP contribution in [0.4, 0.5) is 5.69 Å². The van der Waals surface area contributed by atoms with Crippen LogP contribution in [0.1, 0.15) is 32.0 Å². The molecule has 0 saturated carbocycles. The van der Waals surface area contributed by atoms with E-state index in [4.69, 9.17) is 5.73 Å². The van der Waals surface area contributed by atoms with Gasteiger partial charge in [-0.1, -0.05) is 6.92 Å². The quantitative estimate of drug-likeness (QED) is 0.883. The highest BCUT2D eigenvalue weighted by molar-refractivity contribution is 5.46. The number of likely N-dealkylation sites (N-methyl/N-ethyl adjacent to an activating group) is 1. The molecule has 1 aliphatic rings. The number of piperazine rings is 1. The maximum atomic E-state index is 5.99. The molecule has 1 fully saturated rings. The Morgan fingerprint density at radius 1 is 1.44 bits per heavy atom. The second-order valence-electron chi connectivity index (χ2n) is 5.26. The largest absolute Gasteiger partial charge is 0.365 e. The van der Waals surface area contributed by atoms with Crippen LogP contribution in [0.3, 0.4) is 0 Å². The average Bonchev–Trinajstić information content (AvgIpc) is 2.38. The van der Waals surface area contributed by atoms with Crippen molar-refractivity contribution in [3.05, 3.63) is 24.0 Å². The molecule has 1 unspecified atom stereocenters. The molecule has 4 nitrogen and oxygen atoms in total. The van der Waals surface area contributed by atoms with Gasteiger partial charge in [0.2, 0.25) is 0 Å². The van der Waals surface area contributed by atoms with Crippen LogP contribution >= 0.6 is 0 Å². The summed E-state index contributed by atoms with van der Waals surface area (Å²) in [6.07, 6.45) is 2.89. The first-order chi connectivity index (χ1) is 8.61. The molecule has 2 rings (SSSR count).